The summed E-state index contributed by atoms with van der Waals surface area (Å²) in [7, 11) is 5.42. The molecule has 2 atom stereocenters. The highest BCUT2D eigenvalue weighted by molar-refractivity contribution is 5.70. The third kappa shape index (κ3) is 42.6. The number of carbonyl (C=O) groups is 3. The van der Waals surface area contributed by atoms with Crippen molar-refractivity contribution in [2.75, 3.05) is 41.0 Å². The molecule has 0 heterocycles. The molecule has 8 nitrogen and oxygen atoms in total. The molecule has 0 N–H and O–H groups in total. The Balaban J connectivity index is 4.22. The Labute approximate surface area is 376 Å². The maximum Gasteiger partial charge on any atom is 0.306 e. The zero-order valence-corrected chi connectivity index (χ0v) is 40.6. The average molecular weight is 860 g/mol. The van der Waals surface area contributed by atoms with Crippen LogP contribution in [0.4, 0.5) is 0 Å². The molecule has 0 saturated heterocycles. The van der Waals surface area contributed by atoms with Gasteiger partial charge in [0, 0.05) is 19.3 Å². The topological polar surface area (TPSA) is 102 Å². The smallest absolute Gasteiger partial charge is 0.306 e. The Kier molecular flexibility index (Phi) is 42.4. The van der Waals surface area contributed by atoms with Gasteiger partial charge >= 0.3 is 11.9 Å². The second-order valence-corrected chi connectivity index (χ2v) is 18.4. The number of hydrogen-bond donors (Lipinski definition) is 0. The van der Waals surface area contributed by atoms with Crippen LogP contribution in [0.25, 0.3) is 0 Å². The summed E-state index contributed by atoms with van der Waals surface area (Å²) in [4.78, 5) is 37.0. The van der Waals surface area contributed by atoms with Gasteiger partial charge in [-0.3, -0.25) is 9.59 Å². The molecular formula is C53H97NO7. The minimum atomic E-state index is -1.12. The Hall–Kier alpha value is -2.45. The summed E-state index contributed by atoms with van der Waals surface area (Å²) in [6.07, 6.45) is 51.6. The zero-order chi connectivity index (χ0) is 44.9. The number of allylic oxidation sites excluding steroid dienone is 6. The van der Waals surface area contributed by atoms with Gasteiger partial charge in [0.1, 0.15) is 12.6 Å². The maximum absolute atomic E-state index is 12.8. The molecule has 0 radical (unpaired) electrons. The molecule has 0 fully saturated rings. The number of quaternary nitrogens is 1. The Morgan fingerprint density at radius 1 is 0.492 bits per heavy atom. The summed E-state index contributed by atoms with van der Waals surface area (Å²) >= 11 is 0. The van der Waals surface area contributed by atoms with Crippen molar-refractivity contribution in [3.63, 3.8) is 0 Å². The quantitative estimate of drug-likeness (QED) is 0.0260. The standard InChI is InChI=1S/C53H97NO7/c1-6-8-10-12-14-16-18-20-22-23-24-25-26-27-28-30-31-33-35-37-39-41-43-51(55)60-48-49(47-59-46-45-50(53(57)58)54(3,4)5)61-52(56)44-42-40-38-36-34-32-29-21-19-17-15-13-11-9-7-2/h14,16,20,22,24-25,49-50H,6-13,15,17-19,21,23,26-48H2,1-5H3/b16-14+,22-20+,25-24+. The van der Waals surface area contributed by atoms with Crippen LogP contribution in [0.3, 0.4) is 0 Å². The molecule has 0 spiro atoms. The lowest BCUT2D eigenvalue weighted by Crippen LogP contribution is -2.55. The number of unbranched alkanes of at least 4 members (excludes halogenated alkanes) is 26. The highest BCUT2D eigenvalue weighted by atomic mass is 16.6. The van der Waals surface area contributed by atoms with Crippen LogP contribution >= 0.6 is 0 Å². The molecule has 2 unspecified atom stereocenters. The second-order valence-electron chi connectivity index (χ2n) is 18.4. The van der Waals surface area contributed by atoms with Gasteiger partial charge in [-0.1, -0.05) is 198 Å². The van der Waals surface area contributed by atoms with Gasteiger partial charge in [0.15, 0.2) is 6.10 Å². The summed E-state index contributed by atoms with van der Waals surface area (Å²) in [5.41, 5.74) is 0. The highest BCUT2D eigenvalue weighted by Crippen LogP contribution is 2.16. The van der Waals surface area contributed by atoms with Crippen molar-refractivity contribution in [3.8, 4) is 0 Å². The molecule has 0 saturated carbocycles. The summed E-state index contributed by atoms with van der Waals surface area (Å²) < 4.78 is 17.2. The van der Waals surface area contributed by atoms with Crippen LogP contribution in [0.15, 0.2) is 36.5 Å². The molecule has 0 rings (SSSR count). The Morgan fingerprint density at radius 2 is 0.869 bits per heavy atom. The van der Waals surface area contributed by atoms with Crippen molar-refractivity contribution >= 4 is 17.9 Å². The lowest BCUT2D eigenvalue weighted by atomic mass is 10.0. The number of hydrogen-bond acceptors (Lipinski definition) is 7. The van der Waals surface area contributed by atoms with Gasteiger partial charge in [0.2, 0.25) is 0 Å². The van der Waals surface area contributed by atoms with Gasteiger partial charge in [-0.05, 0) is 51.4 Å². The molecule has 0 aliphatic heterocycles. The lowest BCUT2D eigenvalue weighted by Gasteiger charge is -2.34. The van der Waals surface area contributed by atoms with Gasteiger partial charge in [-0.25, -0.2) is 0 Å². The number of carboxylic acid groups (broad SMARTS) is 1. The first-order valence-corrected chi connectivity index (χ1v) is 25.5. The van der Waals surface area contributed by atoms with E-state index in [9.17, 15) is 19.5 Å². The van der Waals surface area contributed by atoms with Gasteiger partial charge in [-0.15, -0.1) is 0 Å². The zero-order valence-electron chi connectivity index (χ0n) is 40.6. The third-order valence-corrected chi connectivity index (χ3v) is 11.5. The number of aliphatic carboxylic acids is 1. The molecule has 0 aliphatic rings. The largest absolute Gasteiger partial charge is 0.544 e. The number of carboxylic acids is 1. The molecule has 356 valence electrons. The van der Waals surface area contributed by atoms with Crippen LogP contribution < -0.4 is 5.11 Å². The first kappa shape index (κ1) is 58.6. The number of esters is 2. The van der Waals surface area contributed by atoms with Crippen LogP contribution in [-0.2, 0) is 28.6 Å². The summed E-state index contributed by atoms with van der Waals surface area (Å²) in [6.45, 7) is 4.66. The van der Waals surface area contributed by atoms with E-state index >= 15 is 0 Å². The summed E-state index contributed by atoms with van der Waals surface area (Å²) in [5, 5.41) is 11.7. The first-order valence-electron chi connectivity index (χ1n) is 25.5. The van der Waals surface area contributed by atoms with E-state index in [4.69, 9.17) is 14.2 Å². The number of rotatable bonds is 46. The van der Waals surface area contributed by atoms with E-state index < -0.39 is 18.1 Å². The minimum Gasteiger partial charge on any atom is -0.544 e. The fourth-order valence-corrected chi connectivity index (χ4v) is 7.55. The number of nitrogens with zero attached hydrogens (tertiary/aromatic N) is 1. The molecule has 0 aliphatic carbocycles. The molecular weight excluding hydrogens is 763 g/mol. The van der Waals surface area contributed by atoms with Crippen LogP contribution in [-0.4, -0.2) is 75.5 Å². The second kappa shape index (κ2) is 44.2. The minimum absolute atomic E-state index is 0.0423. The summed E-state index contributed by atoms with van der Waals surface area (Å²) in [5.74, 6) is -1.73. The van der Waals surface area contributed by atoms with Crippen LogP contribution in [0.5, 0.6) is 0 Å². The molecule has 0 aromatic heterocycles. The Bertz CT molecular complexity index is 1090. The van der Waals surface area contributed by atoms with Crippen LogP contribution in [0.1, 0.15) is 232 Å². The van der Waals surface area contributed by atoms with Gasteiger partial charge in [0.05, 0.1) is 40.3 Å². The van der Waals surface area contributed by atoms with Crippen LogP contribution in [0.2, 0.25) is 0 Å². The third-order valence-electron chi connectivity index (χ3n) is 11.5. The van der Waals surface area contributed by atoms with E-state index in [-0.39, 0.29) is 42.7 Å². The van der Waals surface area contributed by atoms with Crippen LogP contribution in [0, 0.1) is 0 Å². The average Bonchev–Trinajstić information content (AvgIpc) is 3.22. The van der Waals surface area contributed by atoms with E-state index in [1.807, 2.05) is 0 Å². The molecule has 0 amide bonds. The van der Waals surface area contributed by atoms with Gasteiger partial charge < -0.3 is 28.6 Å². The van der Waals surface area contributed by atoms with Crippen molar-refractivity contribution in [3.05, 3.63) is 36.5 Å². The van der Waals surface area contributed by atoms with E-state index in [0.29, 0.717) is 12.8 Å². The first-order chi connectivity index (χ1) is 29.6. The SMILES string of the molecule is CCCCC/C=C/C/C=C/C/C=C/CCCCCCCCCCCC(=O)OCC(COCCC(C(=O)[O-])[N+](C)(C)C)OC(=O)CCCCCCCCCCCCCCCCC. The monoisotopic (exact) mass is 860 g/mol. The number of ether oxygens (including phenoxy) is 3. The Morgan fingerprint density at radius 3 is 1.31 bits per heavy atom. The van der Waals surface area contributed by atoms with E-state index in [2.05, 4.69) is 50.3 Å². The number of carbonyl (C=O) groups excluding carboxylic acids is 3. The molecule has 0 aromatic rings. The van der Waals surface area contributed by atoms with E-state index in [1.165, 1.54) is 148 Å². The van der Waals surface area contributed by atoms with E-state index in [1.54, 1.807) is 21.1 Å². The number of likely N-dealkylation sites (N-methyl/N-ethyl adjacent to an activating group) is 1. The van der Waals surface area contributed by atoms with Gasteiger partial charge in [0.25, 0.3) is 0 Å². The van der Waals surface area contributed by atoms with Crippen molar-refractivity contribution in [1.29, 1.82) is 0 Å². The highest BCUT2D eigenvalue weighted by Gasteiger charge is 2.25. The maximum atomic E-state index is 12.8. The molecule has 8 heteroatoms. The van der Waals surface area contributed by atoms with Crippen molar-refractivity contribution in [1.82, 2.24) is 0 Å². The van der Waals surface area contributed by atoms with Crippen molar-refractivity contribution < 1.29 is 38.2 Å². The lowest BCUT2D eigenvalue weighted by molar-refractivity contribution is -0.889. The molecule has 0 aromatic carbocycles. The normalized spacial score (nSPS) is 13.1. The van der Waals surface area contributed by atoms with E-state index in [0.717, 1.165) is 51.4 Å². The predicted molar refractivity (Wildman–Crippen MR) is 254 cm³/mol. The van der Waals surface area contributed by atoms with Crippen molar-refractivity contribution in [2.45, 2.75) is 244 Å². The molecule has 61 heavy (non-hydrogen) atoms. The predicted octanol–water partition coefficient (Wildman–Crippen LogP) is 13.3. The van der Waals surface area contributed by atoms with Crippen molar-refractivity contribution in [2.24, 2.45) is 0 Å². The van der Waals surface area contributed by atoms with Gasteiger partial charge in [-0.2, -0.15) is 0 Å². The fraction of sp³-hybridized carbons (Fsp3) is 0.830. The molecule has 0 bridgehead atoms. The fourth-order valence-electron chi connectivity index (χ4n) is 7.55. The summed E-state index contributed by atoms with van der Waals surface area (Å²) in [6, 6.07) is -0.725.